The van der Waals surface area contributed by atoms with Gasteiger partial charge in [-0.2, -0.15) is 0 Å². The molecule has 0 amide bonds. The number of hydrogen-bond donors (Lipinski definition) is 1. The average molecular weight is 266 g/mol. The molecule has 3 rings (SSSR count). The first-order valence-corrected chi connectivity index (χ1v) is 6.86. The fourth-order valence-electron chi connectivity index (χ4n) is 2.23. The molecule has 1 N–H and O–H groups in total. The second-order valence-corrected chi connectivity index (χ2v) is 5.27. The lowest BCUT2D eigenvalue weighted by Gasteiger charge is -2.13. The third-order valence-electron chi connectivity index (χ3n) is 3.23. The lowest BCUT2D eigenvalue weighted by molar-refractivity contribution is 0.683. The molecule has 0 unspecified atom stereocenters. The van der Waals surface area contributed by atoms with Crippen LogP contribution in [-0.4, -0.2) is 21.1 Å². The number of rotatable bonds is 4. The summed E-state index contributed by atoms with van der Waals surface area (Å²) >= 11 is 0. The predicted octanol–water partition coefficient (Wildman–Crippen LogP) is 3.49. The van der Waals surface area contributed by atoms with Crippen LogP contribution in [0.25, 0.3) is 16.5 Å². The lowest BCUT2D eigenvalue weighted by Crippen LogP contribution is -2.12. The van der Waals surface area contributed by atoms with Gasteiger partial charge in [-0.05, 0) is 23.4 Å². The molecule has 0 spiro atoms. The molecule has 0 saturated carbocycles. The fraction of sp³-hybridized carbons (Fsp3) is 0.250. The summed E-state index contributed by atoms with van der Waals surface area (Å²) < 4.78 is 2.08. The number of imidazole rings is 1. The Bertz CT molecular complexity index is 710. The molecule has 2 heterocycles. The van der Waals surface area contributed by atoms with Gasteiger partial charge in [0.05, 0.1) is 5.69 Å². The number of hydrogen-bond acceptors (Lipinski definition) is 3. The highest BCUT2D eigenvalue weighted by atomic mass is 15.2. The van der Waals surface area contributed by atoms with Crippen LogP contribution < -0.4 is 5.32 Å². The number of nitrogens with one attached hydrogen (secondary N) is 1. The highest BCUT2D eigenvalue weighted by Crippen LogP contribution is 2.23. The Morgan fingerprint density at radius 3 is 2.95 bits per heavy atom. The smallest absolute Gasteiger partial charge is 0.207 e. The van der Waals surface area contributed by atoms with Gasteiger partial charge in [0.1, 0.15) is 0 Å². The molecule has 20 heavy (non-hydrogen) atoms. The molecule has 0 aliphatic carbocycles. The van der Waals surface area contributed by atoms with Crippen LogP contribution in [0.3, 0.4) is 0 Å². The second kappa shape index (κ2) is 5.33. The topological polar surface area (TPSA) is 42.7 Å². The van der Waals surface area contributed by atoms with Gasteiger partial charge in [-0.15, -0.1) is 0 Å². The van der Waals surface area contributed by atoms with Crippen molar-refractivity contribution < 1.29 is 0 Å². The van der Waals surface area contributed by atoms with E-state index in [1.54, 1.807) is 0 Å². The quantitative estimate of drug-likeness (QED) is 0.786. The summed E-state index contributed by atoms with van der Waals surface area (Å²) in [5.41, 5.74) is 1.10. The second-order valence-electron chi connectivity index (χ2n) is 5.27. The molecule has 0 radical (unpaired) electrons. The van der Waals surface area contributed by atoms with Crippen molar-refractivity contribution in [1.29, 1.82) is 0 Å². The van der Waals surface area contributed by atoms with Gasteiger partial charge in [-0.3, -0.25) is 9.55 Å². The summed E-state index contributed by atoms with van der Waals surface area (Å²) in [6, 6.07) is 8.27. The summed E-state index contributed by atoms with van der Waals surface area (Å²) in [5.74, 6) is 1.45. The monoisotopic (exact) mass is 266 g/mol. The van der Waals surface area contributed by atoms with E-state index < -0.39 is 0 Å². The van der Waals surface area contributed by atoms with Crippen molar-refractivity contribution in [1.82, 2.24) is 14.5 Å². The summed E-state index contributed by atoms with van der Waals surface area (Å²) in [6.07, 6.45) is 7.51. The molecule has 0 aliphatic rings. The van der Waals surface area contributed by atoms with Gasteiger partial charge in [0.25, 0.3) is 0 Å². The van der Waals surface area contributed by atoms with Crippen LogP contribution in [0, 0.1) is 5.92 Å². The Labute approximate surface area is 118 Å². The van der Waals surface area contributed by atoms with E-state index in [-0.39, 0.29) is 0 Å². The van der Waals surface area contributed by atoms with Gasteiger partial charge in [-0.25, -0.2) is 4.98 Å². The molecule has 4 nitrogen and oxygen atoms in total. The molecule has 4 heteroatoms. The highest BCUT2D eigenvalue weighted by Gasteiger charge is 2.08. The molecule has 0 fully saturated rings. The Balaban J connectivity index is 2.05. The summed E-state index contributed by atoms with van der Waals surface area (Å²) in [6.45, 7) is 5.27. The summed E-state index contributed by atoms with van der Waals surface area (Å²) in [5, 5.41) is 5.69. The van der Waals surface area contributed by atoms with Crippen LogP contribution in [0.4, 0.5) is 5.95 Å². The highest BCUT2D eigenvalue weighted by molar-refractivity contribution is 5.89. The van der Waals surface area contributed by atoms with Gasteiger partial charge in [0.15, 0.2) is 0 Å². The van der Waals surface area contributed by atoms with E-state index in [4.69, 9.17) is 0 Å². The van der Waals surface area contributed by atoms with Crippen LogP contribution in [0.5, 0.6) is 0 Å². The molecule has 0 aliphatic heterocycles. The lowest BCUT2D eigenvalue weighted by atomic mass is 10.1. The molecular weight excluding hydrogens is 248 g/mol. The minimum absolute atomic E-state index is 0.578. The van der Waals surface area contributed by atoms with E-state index in [1.807, 2.05) is 30.9 Å². The Hall–Kier alpha value is -2.36. The zero-order chi connectivity index (χ0) is 13.9. The van der Waals surface area contributed by atoms with E-state index in [0.717, 1.165) is 23.6 Å². The number of aromatic nitrogens is 3. The summed E-state index contributed by atoms with van der Waals surface area (Å²) in [4.78, 5) is 8.64. The van der Waals surface area contributed by atoms with E-state index in [9.17, 15) is 0 Å². The van der Waals surface area contributed by atoms with Crippen molar-refractivity contribution >= 4 is 16.7 Å². The number of benzene rings is 1. The van der Waals surface area contributed by atoms with Gasteiger partial charge in [0, 0.05) is 36.7 Å². The Morgan fingerprint density at radius 2 is 2.10 bits per heavy atom. The maximum Gasteiger partial charge on any atom is 0.207 e. The SMILES string of the molecule is CC(C)CNc1nccn1-c1cccc2ccncc12. The van der Waals surface area contributed by atoms with E-state index >= 15 is 0 Å². The molecule has 2 aromatic heterocycles. The standard InChI is InChI=1S/C16H18N4/c1-12(2)10-19-16-18-8-9-20(16)15-5-3-4-13-6-7-17-11-14(13)15/h3-9,11-12H,10H2,1-2H3,(H,18,19). The van der Waals surface area contributed by atoms with Crippen LogP contribution in [0.2, 0.25) is 0 Å². The van der Waals surface area contributed by atoms with E-state index in [2.05, 4.69) is 51.9 Å². The largest absolute Gasteiger partial charge is 0.355 e. The molecular formula is C16H18N4. The molecule has 0 bridgehead atoms. The van der Waals surface area contributed by atoms with Crippen LogP contribution >= 0.6 is 0 Å². The maximum absolute atomic E-state index is 4.40. The normalized spacial score (nSPS) is 11.2. The van der Waals surface area contributed by atoms with Crippen molar-refractivity contribution in [2.75, 3.05) is 11.9 Å². The Kier molecular flexibility index (Phi) is 3.37. The molecule has 0 saturated heterocycles. The number of nitrogens with zero attached hydrogens (tertiary/aromatic N) is 3. The van der Waals surface area contributed by atoms with Crippen molar-refractivity contribution in [3.63, 3.8) is 0 Å². The van der Waals surface area contributed by atoms with E-state index in [0.29, 0.717) is 5.92 Å². The maximum atomic E-state index is 4.40. The fourth-order valence-corrected chi connectivity index (χ4v) is 2.23. The molecule has 3 aromatic rings. The predicted molar refractivity (Wildman–Crippen MR) is 82.2 cm³/mol. The number of fused-ring (bicyclic) bond motifs is 1. The zero-order valence-corrected chi connectivity index (χ0v) is 11.7. The first-order chi connectivity index (χ1) is 9.75. The van der Waals surface area contributed by atoms with Crippen molar-refractivity contribution in [2.45, 2.75) is 13.8 Å². The Morgan fingerprint density at radius 1 is 1.20 bits per heavy atom. The van der Waals surface area contributed by atoms with E-state index in [1.165, 1.54) is 5.39 Å². The third kappa shape index (κ3) is 2.37. The molecule has 102 valence electrons. The molecule has 0 atom stereocenters. The zero-order valence-electron chi connectivity index (χ0n) is 11.7. The summed E-state index contributed by atoms with van der Waals surface area (Å²) in [7, 11) is 0. The van der Waals surface area contributed by atoms with Crippen molar-refractivity contribution in [3.05, 3.63) is 49.1 Å². The molecule has 1 aromatic carbocycles. The van der Waals surface area contributed by atoms with Crippen LogP contribution in [-0.2, 0) is 0 Å². The van der Waals surface area contributed by atoms with Crippen LogP contribution in [0.1, 0.15) is 13.8 Å². The van der Waals surface area contributed by atoms with Gasteiger partial charge in [0.2, 0.25) is 5.95 Å². The van der Waals surface area contributed by atoms with Crippen molar-refractivity contribution in [3.8, 4) is 5.69 Å². The average Bonchev–Trinajstić information content (AvgIpc) is 2.92. The number of anilines is 1. The minimum atomic E-state index is 0.578. The first-order valence-electron chi connectivity index (χ1n) is 6.86. The first kappa shape index (κ1) is 12.7. The van der Waals surface area contributed by atoms with Crippen LogP contribution in [0.15, 0.2) is 49.1 Å². The van der Waals surface area contributed by atoms with Crippen molar-refractivity contribution in [2.24, 2.45) is 5.92 Å². The van der Waals surface area contributed by atoms with Gasteiger partial charge < -0.3 is 5.32 Å². The van der Waals surface area contributed by atoms with Gasteiger partial charge in [-0.1, -0.05) is 26.0 Å². The number of pyridine rings is 1. The third-order valence-corrected chi connectivity index (χ3v) is 3.23. The van der Waals surface area contributed by atoms with Gasteiger partial charge >= 0.3 is 0 Å². The minimum Gasteiger partial charge on any atom is -0.355 e.